The van der Waals surface area contributed by atoms with E-state index in [9.17, 15) is 9.59 Å². The van der Waals surface area contributed by atoms with Crippen LogP contribution in [0.2, 0.25) is 0 Å². The van der Waals surface area contributed by atoms with E-state index in [1.165, 1.54) is 0 Å². The molecule has 0 saturated heterocycles. The second kappa shape index (κ2) is 8.12. The van der Waals surface area contributed by atoms with E-state index in [0.29, 0.717) is 12.0 Å². The van der Waals surface area contributed by atoms with Crippen LogP contribution in [-0.4, -0.2) is 11.7 Å². The van der Waals surface area contributed by atoms with E-state index in [-0.39, 0.29) is 17.1 Å². The molecule has 0 aromatic heterocycles. The minimum Gasteiger partial charge on any atom is -0.362 e. The summed E-state index contributed by atoms with van der Waals surface area (Å²) in [5, 5.41) is 6.48. The molecule has 0 bridgehead atoms. The lowest BCUT2D eigenvalue weighted by Gasteiger charge is -2.39. The number of para-hydroxylation sites is 1. The summed E-state index contributed by atoms with van der Waals surface area (Å²) in [5.74, 6) is -0.464. The van der Waals surface area contributed by atoms with Crippen LogP contribution in [0.25, 0.3) is 0 Å². The number of aryl methyl sites for hydroxylation is 1. The minimum absolute atomic E-state index is 0.103. The number of hydrogen-bond acceptors (Lipinski definition) is 3. The van der Waals surface area contributed by atoms with Crippen LogP contribution < -0.4 is 10.6 Å². The number of amides is 1. The van der Waals surface area contributed by atoms with E-state index in [1.807, 2.05) is 62.4 Å². The Morgan fingerprint density at radius 2 is 1.74 bits per heavy atom. The van der Waals surface area contributed by atoms with Gasteiger partial charge in [0.05, 0.1) is 0 Å². The topological polar surface area (TPSA) is 58.2 Å². The maximum absolute atomic E-state index is 13.5. The van der Waals surface area contributed by atoms with Gasteiger partial charge in [-0.3, -0.25) is 9.59 Å². The normalized spacial score (nSPS) is 20.3. The smallest absolute Gasteiger partial charge is 0.254 e. The zero-order chi connectivity index (χ0) is 22.3. The van der Waals surface area contributed by atoms with Crippen LogP contribution in [0.5, 0.6) is 0 Å². The summed E-state index contributed by atoms with van der Waals surface area (Å²) in [6.45, 7) is 8.12. The Balaban J connectivity index is 1.81. The van der Waals surface area contributed by atoms with Gasteiger partial charge in [0.2, 0.25) is 0 Å². The van der Waals surface area contributed by atoms with Crippen molar-refractivity contribution in [2.24, 2.45) is 5.41 Å². The van der Waals surface area contributed by atoms with Gasteiger partial charge in [0, 0.05) is 45.0 Å². The van der Waals surface area contributed by atoms with E-state index in [2.05, 4.69) is 40.4 Å². The summed E-state index contributed by atoms with van der Waals surface area (Å²) in [7, 11) is 0. The quantitative estimate of drug-likeness (QED) is 0.568. The van der Waals surface area contributed by atoms with Gasteiger partial charge in [-0.2, -0.15) is 0 Å². The van der Waals surface area contributed by atoms with Crippen LogP contribution in [0, 0.1) is 12.3 Å². The first kappa shape index (κ1) is 21.6. The Labute approximate surface area is 191 Å². The number of allylic oxidation sites excluding steroid dienone is 3. The van der Waals surface area contributed by atoms with Gasteiger partial charge in [-0.25, -0.2) is 0 Å². The van der Waals surface area contributed by atoms with Gasteiger partial charge in [0.15, 0.2) is 5.78 Å². The van der Waals surface area contributed by atoms with E-state index in [0.717, 1.165) is 44.7 Å². The molecule has 0 saturated carbocycles. The van der Waals surface area contributed by atoms with Crippen molar-refractivity contribution in [1.82, 2.24) is 5.32 Å². The average Bonchev–Trinajstić information content (AvgIpc) is 2.68. The summed E-state index contributed by atoms with van der Waals surface area (Å²) in [6, 6.07) is 15.6. The molecule has 160 valence electrons. The monoisotopic (exact) mass is 478 g/mol. The number of dihydropyridines is 1. The number of halogens is 1. The first-order valence-electron chi connectivity index (χ1n) is 10.5. The van der Waals surface area contributed by atoms with Crippen molar-refractivity contribution in [3.63, 3.8) is 0 Å². The highest BCUT2D eigenvalue weighted by molar-refractivity contribution is 9.10. The molecule has 2 aromatic carbocycles. The molecule has 1 amide bonds. The van der Waals surface area contributed by atoms with E-state index in [1.54, 1.807) is 0 Å². The van der Waals surface area contributed by atoms with Gasteiger partial charge in [-0.1, -0.05) is 60.1 Å². The number of nitrogens with one attached hydrogen (secondary N) is 2. The summed E-state index contributed by atoms with van der Waals surface area (Å²) in [4.78, 5) is 26.9. The van der Waals surface area contributed by atoms with Crippen molar-refractivity contribution in [2.45, 2.75) is 46.5 Å². The van der Waals surface area contributed by atoms with Gasteiger partial charge in [0.1, 0.15) is 0 Å². The largest absolute Gasteiger partial charge is 0.362 e. The van der Waals surface area contributed by atoms with Crippen molar-refractivity contribution < 1.29 is 9.59 Å². The Bertz CT molecular complexity index is 1130. The second-order valence-corrected chi connectivity index (χ2v) is 10.2. The SMILES string of the molecule is CC1=C(C(=O)Nc2ccccc2C)[C@H](c2ccc(Br)cc2)C2=C(CC(C)(C)CC2=O)N1. The molecule has 5 heteroatoms. The lowest BCUT2D eigenvalue weighted by Crippen LogP contribution is -2.39. The molecule has 0 unspecified atom stereocenters. The van der Waals surface area contributed by atoms with Gasteiger partial charge in [-0.15, -0.1) is 0 Å². The molecule has 2 aromatic rings. The number of carbonyl (C=O) groups excluding carboxylic acids is 2. The highest BCUT2D eigenvalue weighted by Crippen LogP contribution is 2.46. The Morgan fingerprint density at radius 3 is 2.42 bits per heavy atom. The predicted molar refractivity (Wildman–Crippen MR) is 128 cm³/mol. The van der Waals surface area contributed by atoms with Crippen molar-refractivity contribution >= 4 is 33.3 Å². The summed E-state index contributed by atoms with van der Waals surface area (Å²) in [6.07, 6.45) is 1.26. The van der Waals surface area contributed by atoms with Gasteiger partial charge in [0.25, 0.3) is 5.91 Å². The molecule has 2 aliphatic rings. The molecule has 0 fully saturated rings. The summed E-state index contributed by atoms with van der Waals surface area (Å²) < 4.78 is 0.960. The predicted octanol–water partition coefficient (Wildman–Crippen LogP) is 6.00. The highest BCUT2D eigenvalue weighted by atomic mass is 79.9. The molecule has 2 N–H and O–H groups in total. The molecule has 4 rings (SSSR count). The van der Waals surface area contributed by atoms with Crippen molar-refractivity contribution in [2.75, 3.05) is 5.32 Å². The Kier molecular flexibility index (Phi) is 5.65. The van der Waals surface area contributed by atoms with Crippen LogP contribution in [0.3, 0.4) is 0 Å². The number of ketones is 1. The number of rotatable bonds is 3. The van der Waals surface area contributed by atoms with E-state index >= 15 is 0 Å². The third kappa shape index (κ3) is 4.24. The van der Waals surface area contributed by atoms with Crippen LogP contribution in [-0.2, 0) is 9.59 Å². The maximum Gasteiger partial charge on any atom is 0.254 e. The van der Waals surface area contributed by atoms with Crippen molar-refractivity contribution in [3.05, 3.63) is 86.7 Å². The standard InChI is InChI=1S/C26H27BrN2O2/c1-15-7-5-6-8-19(15)29-25(31)22-16(2)28-20-13-26(3,4)14-21(30)24(20)23(22)17-9-11-18(27)12-10-17/h5-12,23,28H,13-14H2,1-4H3,(H,29,31)/t23-/m0/s1. The van der Waals surface area contributed by atoms with E-state index < -0.39 is 5.92 Å². The van der Waals surface area contributed by atoms with Crippen LogP contribution >= 0.6 is 15.9 Å². The molecular weight excluding hydrogens is 452 g/mol. The average molecular weight is 479 g/mol. The lowest BCUT2D eigenvalue weighted by molar-refractivity contribution is -0.118. The van der Waals surface area contributed by atoms with Gasteiger partial charge < -0.3 is 10.6 Å². The highest BCUT2D eigenvalue weighted by Gasteiger charge is 2.42. The summed E-state index contributed by atoms with van der Waals surface area (Å²) >= 11 is 3.49. The second-order valence-electron chi connectivity index (χ2n) is 9.25. The van der Waals surface area contributed by atoms with Crippen LogP contribution in [0.1, 0.15) is 50.7 Å². The molecular formula is C26H27BrN2O2. The van der Waals surface area contributed by atoms with Crippen molar-refractivity contribution in [1.29, 1.82) is 0 Å². The molecule has 1 heterocycles. The van der Waals surface area contributed by atoms with Crippen LogP contribution in [0.15, 0.2) is 75.5 Å². The van der Waals surface area contributed by atoms with E-state index in [4.69, 9.17) is 0 Å². The Hall–Kier alpha value is -2.66. The molecule has 0 radical (unpaired) electrons. The fourth-order valence-electron chi connectivity index (χ4n) is 4.63. The fourth-order valence-corrected chi connectivity index (χ4v) is 4.89. The number of Topliss-reactive ketones (excluding diaryl/α,β-unsaturated/α-hetero) is 1. The molecule has 1 aliphatic heterocycles. The number of anilines is 1. The Morgan fingerprint density at radius 1 is 1.06 bits per heavy atom. The fraction of sp³-hybridized carbons (Fsp3) is 0.308. The van der Waals surface area contributed by atoms with Gasteiger partial charge >= 0.3 is 0 Å². The molecule has 1 atom stereocenters. The van der Waals surface area contributed by atoms with Crippen LogP contribution in [0.4, 0.5) is 5.69 Å². The lowest BCUT2D eigenvalue weighted by atomic mass is 9.68. The number of carbonyl (C=O) groups is 2. The maximum atomic E-state index is 13.5. The first-order valence-corrected chi connectivity index (χ1v) is 11.3. The van der Waals surface area contributed by atoms with Crippen molar-refractivity contribution in [3.8, 4) is 0 Å². The molecule has 0 spiro atoms. The third-order valence-corrected chi connectivity index (χ3v) is 6.61. The number of benzene rings is 2. The van der Waals surface area contributed by atoms with Gasteiger partial charge in [-0.05, 0) is 55.0 Å². The summed E-state index contributed by atoms with van der Waals surface area (Å²) in [5.41, 5.74) is 5.67. The third-order valence-electron chi connectivity index (χ3n) is 6.08. The molecule has 1 aliphatic carbocycles. The zero-order valence-electron chi connectivity index (χ0n) is 18.3. The molecule has 4 nitrogen and oxygen atoms in total. The zero-order valence-corrected chi connectivity index (χ0v) is 19.9. The molecule has 31 heavy (non-hydrogen) atoms. The number of hydrogen-bond donors (Lipinski definition) is 2. The minimum atomic E-state index is -0.392. The first-order chi connectivity index (χ1) is 14.7.